The van der Waals surface area contributed by atoms with Crippen molar-refractivity contribution in [2.45, 2.75) is 25.8 Å². The molecular weight excluding hydrogens is 184 g/mol. The fourth-order valence-corrected chi connectivity index (χ4v) is 1.19. The van der Waals surface area contributed by atoms with Crippen LogP contribution in [0.25, 0.3) is 0 Å². The molecule has 0 aliphatic rings. The average molecular weight is 200 g/mol. The van der Waals surface area contributed by atoms with Crippen LogP contribution >= 0.6 is 0 Å². The van der Waals surface area contributed by atoms with Crippen LogP contribution in [0.4, 0.5) is 0 Å². The van der Waals surface area contributed by atoms with Crippen LogP contribution in [0.5, 0.6) is 0 Å². The Morgan fingerprint density at radius 2 is 2.21 bits per heavy atom. The molecule has 0 spiro atoms. The Balaban J connectivity index is 2.30. The minimum atomic E-state index is -0.252. The zero-order valence-corrected chi connectivity index (χ0v) is 8.69. The standard InChI is InChI=1S/C9H16N2O3/c1-7(9(12-2)13-3)11-5-8-4-10-6-14-8/h4,6-7,9,11H,5H2,1-3H3. The fraction of sp³-hybridized carbons (Fsp3) is 0.667. The van der Waals surface area contributed by atoms with Gasteiger partial charge in [-0.15, -0.1) is 0 Å². The van der Waals surface area contributed by atoms with E-state index < -0.39 is 0 Å². The third kappa shape index (κ3) is 3.10. The van der Waals surface area contributed by atoms with Crippen molar-refractivity contribution in [2.75, 3.05) is 14.2 Å². The van der Waals surface area contributed by atoms with Gasteiger partial charge in [0.05, 0.1) is 18.8 Å². The summed E-state index contributed by atoms with van der Waals surface area (Å²) >= 11 is 0. The summed E-state index contributed by atoms with van der Waals surface area (Å²) in [6.07, 6.45) is 2.83. The second-order valence-electron chi connectivity index (χ2n) is 2.98. The summed E-state index contributed by atoms with van der Waals surface area (Å²) in [5.74, 6) is 0.794. The molecule has 1 heterocycles. The molecule has 0 aliphatic heterocycles. The molecule has 1 aromatic rings. The van der Waals surface area contributed by atoms with Crippen LogP contribution in [-0.2, 0) is 16.0 Å². The summed E-state index contributed by atoms with van der Waals surface area (Å²) in [6.45, 7) is 2.60. The number of oxazole rings is 1. The first-order valence-electron chi connectivity index (χ1n) is 4.44. The smallest absolute Gasteiger partial charge is 0.180 e. The topological polar surface area (TPSA) is 56.5 Å². The normalized spacial score (nSPS) is 13.4. The van der Waals surface area contributed by atoms with Gasteiger partial charge in [0, 0.05) is 14.2 Å². The van der Waals surface area contributed by atoms with Crippen molar-refractivity contribution in [1.82, 2.24) is 10.3 Å². The number of nitrogens with zero attached hydrogens (tertiary/aromatic N) is 1. The highest BCUT2D eigenvalue weighted by Gasteiger charge is 2.15. The van der Waals surface area contributed by atoms with Crippen LogP contribution in [0.1, 0.15) is 12.7 Å². The predicted molar refractivity (Wildman–Crippen MR) is 50.6 cm³/mol. The summed E-state index contributed by atoms with van der Waals surface area (Å²) in [5, 5.41) is 3.20. The van der Waals surface area contributed by atoms with Gasteiger partial charge in [0.1, 0.15) is 5.76 Å². The van der Waals surface area contributed by atoms with Gasteiger partial charge >= 0.3 is 0 Å². The molecule has 14 heavy (non-hydrogen) atoms. The zero-order valence-electron chi connectivity index (χ0n) is 8.69. The molecule has 1 N–H and O–H groups in total. The van der Waals surface area contributed by atoms with Gasteiger partial charge in [0.15, 0.2) is 12.7 Å². The SMILES string of the molecule is COC(OC)C(C)NCc1cnco1. The van der Waals surface area contributed by atoms with Crippen LogP contribution in [0.3, 0.4) is 0 Å². The van der Waals surface area contributed by atoms with Crippen molar-refractivity contribution in [3.63, 3.8) is 0 Å². The fourth-order valence-electron chi connectivity index (χ4n) is 1.19. The van der Waals surface area contributed by atoms with Gasteiger partial charge in [-0.3, -0.25) is 0 Å². The second-order valence-corrected chi connectivity index (χ2v) is 2.98. The van der Waals surface area contributed by atoms with Gasteiger partial charge in [-0.1, -0.05) is 0 Å². The number of methoxy groups -OCH3 is 2. The van der Waals surface area contributed by atoms with Gasteiger partial charge in [0.2, 0.25) is 0 Å². The van der Waals surface area contributed by atoms with E-state index in [2.05, 4.69) is 10.3 Å². The Morgan fingerprint density at radius 1 is 1.50 bits per heavy atom. The summed E-state index contributed by atoms with van der Waals surface area (Å²) in [7, 11) is 3.22. The molecule has 1 unspecified atom stereocenters. The predicted octanol–water partition coefficient (Wildman–Crippen LogP) is 0.772. The molecule has 0 aliphatic carbocycles. The molecule has 0 bridgehead atoms. The largest absolute Gasteiger partial charge is 0.447 e. The van der Waals surface area contributed by atoms with E-state index in [4.69, 9.17) is 13.9 Å². The number of aromatic nitrogens is 1. The van der Waals surface area contributed by atoms with Gasteiger partial charge in [0.25, 0.3) is 0 Å². The summed E-state index contributed by atoms with van der Waals surface area (Å²) < 4.78 is 15.3. The molecule has 5 nitrogen and oxygen atoms in total. The van der Waals surface area contributed by atoms with Crippen LogP contribution in [0.15, 0.2) is 17.0 Å². The van der Waals surface area contributed by atoms with E-state index >= 15 is 0 Å². The quantitative estimate of drug-likeness (QED) is 0.687. The molecule has 1 atom stereocenters. The molecule has 0 amide bonds. The lowest BCUT2D eigenvalue weighted by molar-refractivity contribution is -0.119. The first-order valence-corrected chi connectivity index (χ1v) is 4.44. The van der Waals surface area contributed by atoms with Crippen LogP contribution < -0.4 is 5.32 Å². The number of hydrogen-bond acceptors (Lipinski definition) is 5. The molecule has 5 heteroatoms. The van der Waals surface area contributed by atoms with E-state index in [0.29, 0.717) is 6.54 Å². The Hall–Kier alpha value is -0.910. The lowest BCUT2D eigenvalue weighted by Crippen LogP contribution is -2.39. The molecule has 0 fully saturated rings. The van der Waals surface area contributed by atoms with E-state index in [0.717, 1.165) is 5.76 Å². The highest BCUT2D eigenvalue weighted by molar-refractivity contribution is 4.87. The van der Waals surface area contributed by atoms with E-state index in [1.165, 1.54) is 6.39 Å². The van der Waals surface area contributed by atoms with Crippen molar-refractivity contribution < 1.29 is 13.9 Å². The maximum atomic E-state index is 5.10. The summed E-state index contributed by atoms with van der Waals surface area (Å²) in [6, 6.07) is 0.0927. The first-order chi connectivity index (χ1) is 6.77. The van der Waals surface area contributed by atoms with Crippen LogP contribution in [0, 0.1) is 0 Å². The van der Waals surface area contributed by atoms with Crippen molar-refractivity contribution >= 4 is 0 Å². The molecule has 0 aromatic carbocycles. The third-order valence-electron chi connectivity index (χ3n) is 1.95. The second kappa shape index (κ2) is 5.74. The third-order valence-corrected chi connectivity index (χ3v) is 1.95. The highest BCUT2D eigenvalue weighted by Crippen LogP contribution is 2.01. The molecule has 1 aromatic heterocycles. The zero-order chi connectivity index (χ0) is 10.4. The van der Waals surface area contributed by atoms with Gasteiger partial charge in [-0.25, -0.2) is 4.98 Å². The number of ether oxygens (including phenoxy) is 2. The summed E-state index contributed by atoms with van der Waals surface area (Å²) in [5.41, 5.74) is 0. The molecule has 0 saturated heterocycles. The van der Waals surface area contributed by atoms with E-state index in [9.17, 15) is 0 Å². The molecule has 0 radical (unpaired) electrons. The van der Waals surface area contributed by atoms with Crippen LogP contribution in [0.2, 0.25) is 0 Å². The lowest BCUT2D eigenvalue weighted by atomic mass is 10.3. The van der Waals surface area contributed by atoms with Gasteiger partial charge < -0.3 is 19.2 Å². The average Bonchev–Trinajstić information content (AvgIpc) is 2.69. The van der Waals surface area contributed by atoms with Gasteiger partial charge in [-0.2, -0.15) is 0 Å². The lowest BCUT2D eigenvalue weighted by Gasteiger charge is -2.21. The van der Waals surface area contributed by atoms with Crippen molar-refractivity contribution in [3.05, 3.63) is 18.4 Å². The van der Waals surface area contributed by atoms with Crippen molar-refractivity contribution in [3.8, 4) is 0 Å². The minimum Gasteiger partial charge on any atom is -0.447 e. The number of nitrogens with one attached hydrogen (secondary N) is 1. The minimum absolute atomic E-state index is 0.0927. The van der Waals surface area contributed by atoms with Gasteiger partial charge in [-0.05, 0) is 6.92 Å². The Kier molecular flexibility index (Phi) is 4.58. The first kappa shape index (κ1) is 11.2. The Morgan fingerprint density at radius 3 is 2.71 bits per heavy atom. The molecule has 80 valence electrons. The molecule has 0 saturated carbocycles. The van der Waals surface area contributed by atoms with Crippen LogP contribution in [-0.4, -0.2) is 31.5 Å². The number of rotatable bonds is 6. The summed E-state index contributed by atoms with van der Waals surface area (Å²) in [4.78, 5) is 3.82. The van der Waals surface area contributed by atoms with E-state index in [1.807, 2.05) is 6.92 Å². The van der Waals surface area contributed by atoms with Crippen molar-refractivity contribution in [2.24, 2.45) is 0 Å². The van der Waals surface area contributed by atoms with E-state index in [1.54, 1.807) is 20.4 Å². The highest BCUT2D eigenvalue weighted by atomic mass is 16.7. The molecular formula is C9H16N2O3. The Bertz CT molecular complexity index is 234. The molecule has 1 rings (SSSR count). The van der Waals surface area contributed by atoms with Crippen molar-refractivity contribution in [1.29, 1.82) is 0 Å². The monoisotopic (exact) mass is 200 g/mol. The maximum absolute atomic E-state index is 5.10. The number of hydrogen-bond donors (Lipinski definition) is 1. The maximum Gasteiger partial charge on any atom is 0.180 e. The Labute approximate surface area is 83.4 Å². The van der Waals surface area contributed by atoms with E-state index in [-0.39, 0.29) is 12.3 Å².